The molecule has 1 heterocycles. The second kappa shape index (κ2) is 5.70. The van der Waals surface area contributed by atoms with Gasteiger partial charge in [0.2, 0.25) is 10.0 Å². The molecule has 0 fully saturated rings. The molecule has 1 aromatic rings. The third kappa shape index (κ3) is 3.22. The molecule has 0 aliphatic heterocycles. The summed E-state index contributed by atoms with van der Waals surface area (Å²) in [7, 11) is -4.05. The molecule has 0 aromatic carbocycles. The lowest BCUT2D eigenvalue weighted by atomic mass is 10.0. The van der Waals surface area contributed by atoms with Gasteiger partial charge in [0.05, 0.1) is 24.9 Å². The fourth-order valence-corrected chi connectivity index (χ4v) is 2.72. The Kier molecular flexibility index (Phi) is 4.74. The SMILES string of the molecule is CCC(CO)(CO)NS(=O)(=O)c1cncc(F)c1. The van der Waals surface area contributed by atoms with E-state index in [9.17, 15) is 12.8 Å². The summed E-state index contributed by atoms with van der Waals surface area (Å²) in [4.78, 5) is 3.08. The summed E-state index contributed by atoms with van der Waals surface area (Å²) < 4.78 is 39.0. The summed E-state index contributed by atoms with van der Waals surface area (Å²) in [6.07, 6.45) is 2.05. The van der Waals surface area contributed by atoms with Crippen LogP contribution in [0.15, 0.2) is 23.4 Å². The number of pyridine rings is 1. The van der Waals surface area contributed by atoms with E-state index in [1.165, 1.54) is 0 Å². The highest BCUT2D eigenvalue weighted by Crippen LogP contribution is 2.15. The number of aliphatic hydroxyl groups is 2. The van der Waals surface area contributed by atoms with Crippen LogP contribution in [-0.2, 0) is 10.0 Å². The van der Waals surface area contributed by atoms with Gasteiger partial charge in [0.1, 0.15) is 10.7 Å². The molecule has 1 rings (SSSR count). The summed E-state index contributed by atoms with van der Waals surface area (Å²) >= 11 is 0. The molecule has 0 radical (unpaired) electrons. The van der Waals surface area contributed by atoms with Crippen LogP contribution < -0.4 is 4.72 Å². The van der Waals surface area contributed by atoms with Crippen LogP contribution >= 0.6 is 0 Å². The van der Waals surface area contributed by atoms with Crippen molar-refractivity contribution in [2.24, 2.45) is 0 Å². The molecule has 102 valence electrons. The summed E-state index contributed by atoms with van der Waals surface area (Å²) in [6.45, 7) is 0.475. The van der Waals surface area contributed by atoms with E-state index in [0.717, 1.165) is 18.5 Å². The van der Waals surface area contributed by atoms with Crippen molar-refractivity contribution in [3.8, 4) is 0 Å². The van der Waals surface area contributed by atoms with Crippen LogP contribution in [0.1, 0.15) is 13.3 Å². The Labute approximate surface area is 105 Å². The van der Waals surface area contributed by atoms with Crippen molar-refractivity contribution < 1.29 is 23.0 Å². The molecular weight excluding hydrogens is 263 g/mol. The summed E-state index contributed by atoms with van der Waals surface area (Å²) in [5.41, 5.74) is -1.37. The van der Waals surface area contributed by atoms with E-state index in [0.29, 0.717) is 0 Å². The monoisotopic (exact) mass is 278 g/mol. The highest BCUT2D eigenvalue weighted by molar-refractivity contribution is 7.89. The Bertz CT molecular complexity index is 494. The van der Waals surface area contributed by atoms with Crippen molar-refractivity contribution in [1.82, 2.24) is 9.71 Å². The van der Waals surface area contributed by atoms with Gasteiger partial charge in [0.25, 0.3) is 0 Å². The van der Waals surface area contributed by atoms with Crippen molar-refractivity contribution in [2.75, 3.05) is 13.2 Å². The maximum atomic E-state index is 12.9. The normalized spacial score (nSPS) is 12.7. The molecule has 8 heteroatoms. The molecular formula is C10H15FN2O4S. The minimum atomic E-state index is -4.05. The van der Waals surface area contributed by atoms with Gasteiger partial charge in [0, 0.05) is 6.20 Å². The summed E-state index contributed by atoms with van der Waals surface area (Å²) in [5.74, 6) is -0.784. The topological polar surface area (TPSA) is 99.5 Å². The fourth-order valence-electron chi connectivity index (χ4n) is 1.29. The molecule has 0 saturated heterocycles. The Morgan fingerprint density at radius 3 is 2.44 bits per heavy atom. The van der Waals surface area contributed by atoms with E-state index < -0.39 is 34.6 Å². The first kappa shape index (κ1) is 15.0. The fraction of sp³-hybridized carbons (Fsp3) is 0.500. The average molecular weight is 278 g/mol. The number of aliphatic hydroxyl groups excluding tert-OH is 2. The van der Waals surface area contributed by atoms with Gasteiger partial charge in [-0.3, -0.25) is 4.98 Å². The number of hydrogen-bond acceptors (Lipinski definition) is 5. The zero-order chi connectivity index (χ0) is 13.8. The van der Waals surface area contributed by atoms with Crippen LogP contribution in [0.4, 0.5) is 4.39 Å². The molecule has 0 spiro atoms. The molecule has 0 saturated carbocycles. The zero-order valence-corrected chi connectivity index (χ0v) is 10.6. The van der Waals surface area contributed by atoms with Crippen LogP contribution in [0.3, 0.4) is 0 Å². The minimum absolute atomic E-state index is 0.183. The van der Waals surface area contributed by atoms with Gasteiger partial charge in [-0.2, -0.15) is 0 Å². The quantitative estimate of drug-likeness (QED) is 0.659. The first-order valence-electron chi connectivity index (χ1n) is 5.25. The Morgan fingerprint density at radius 1 is 1.39 bits per heavy atom. The largest absolute Gasteiger partial charge is 0.394 e. The van der Waals surface area contributed by atoms with E-state index in [4.69, 9.17) is 10.2 Å². The molecule has 0 unspecified atom stereocenters. The number of halogens is 1. The van der Waals surface area contributed by atoms with Crippen LogP contribution in [0.5, 0.6) is 0 Å². The van der Waals surface area contributed by atoms with Crippen LogP contribution in [0.25, 0.3) is 0 Å². The van der Waals surface area contributed by atoms with Gasteiger partial charge in [-0.05, 0) is 12.5 Å². The van der Waals surface area contributed by atoms with Gasteiger partial charge in [0.15, 0.2) is 0 Å². The van der Waals surface area contributed by atoms with Crippen LogP contribution in [0.2, 0.25) is 0 Å². The minimum Gasteiger partial charge on any atom is -0.394 e. The van der Waals surface area contributed by atoms with Gasteiger partial charge in [-0.15, -0.1) is 0 Å². The lowest BCUT2D eigenvalue weighted by Gasteiger charge is -2.29. The average Bonchev–Trinajstić information content (AvgIpc) is 2.36. The number of rotatable bonds is 6. The van der Waals surface area contributed by atoms with Gasteiger partial charge in [-0.1, -0.05) is 6.92 Å². The van der Waals surface area contributed by atoms with Crippen molar-refractivity contribution >= 4 is 10.0 Å². The molecule has 0 amide bonds. The number of aromatic nitrogens is 1. The Balaban J connectivity index is 3.08. The van der Waals surface area contributed by atoms with Crippen molar-refractivity contribution in [2.45, 2.75) is 23.8 Å². The van der Waals surface area contributed by atoms with Gasteiger partial charge < -0.3 is 10.2 Å². The number of sulfonamides is 1. The lowest BCUT2D eigenvalue weighted by molar-refractivity contribution is 0.105. The number of nitrogens with zero attached hydrogens (tertiary/aromatic N) is 1. The third-order valence-electron chi connectivity index (χ3n) is 2.62. The predicted octanol–water partition coefficient (Wildman–Crippen LogP) is -0.368. The van der Waals surface area contributed by atoms with E-state index in [1.807, 2.05) is 0 Å². The maximum absolute atomic E-state index is 12.9. The summed E-state index contributed by atoms with van der Waals surface area (Å²) in [5, 5.41) is 18.3. The van der Waals surface area contributed by atoms with E-state index >= 15 is 0 Å². The molecule has 18 heavy (non-hydrogen) atoms. The lowest BCUT2D eigenvalue weighted by Crippen LogP contribution is -2.53. The van der Waals surface area contributed by atoms with E-state index in [-0.39, 0.29) is 11.3 Å². The second-order valence-electron chi connectivity index (χ2n) is 3.89. The highest BCUT2D eigenvalue weighted by Gasteiger charge is 2.32. The number of nitrogens with one attached hydrogen (secondary N) is 1. The molecule has 6 nitrogen and oxygen atoms in total. The van der Waals surface area contributed by atoms with Crippen LogP contribution in [-0.4, -0.2) is 42.4 Å². The summed E-state index contributed by atoms with van der Waals surface area (Å²) in [6, 6.07) is 0.810. The Morgan fingerprint density at radius 2 is 2.00 bits per heavy atom. The first-order chi connectivity index (χ1) is 8.39. The molecule has 0 aliphatic carbocycles. The van der Waals surface area contributed by atoms with E-state index in [2.05, 4.69) is 9.71 Å². The highest BCUT2D eigenvalue weighted by atomic mass is 32.2. The standard InChI is InChI=1S/C10H15FN2O4S/c1-2-10(6-14,7-15)13-18(16,17)9-3-8(11)4-12-5-9/h3-5,13-15H,2,6-7H2,1H3. The van der Waals surface area contributed by atoms with Crippen molar-refractivity contribution in [1.29, 1.82) is 0 Å². The van der Waals surface area contributed by atoms with Crippen LogP contribution in [0, 0.1) is 5.82 Å². The molecule has 0 aliphatic rings. The van der Waals surface area contributed by atoms with Crippen molar-refractivity contribution in [3.63, 3.8) is 0 Å². The molecule has 0 bridgehead atoms. The first-order valence-corrected chi connectivity index (χ1v) is 6.74. The van der Waals surface area contributed by atoms with E-state index in [1.54, 1.807) is 6.92 Å². The van der Waals surface area contributed by atoms with Gasteiger partial charge in [-0.25, -0.2) is 17.5 Å². The smallest absolute Gasteiger partial charge is 0.242 e. The maximum Gasteiger partial charge on any atom is 0.242 e. The third-order valence-corrected chi connectivity index (χ3v) is 4.17. The second-order valence-corrected chi connectivity index (χ2v) is 5.58. The van der Waals surface area contributed by atoms with Gasteiger partial charge >= 0.3 is 0 Å². The molecule has 1 aromatic heterocycles. The van der Waals surface area contributed by atoms with Crippen molar-refractivity contribution in [3.05, 3.63) is 24.3 Å². The zero-order valence-electron chi connectivity index (χ0n) is 9.80. The predicted molar refractivity (Wildman–Crippen MR) is 61.7 cm³/mol. The molecule has 3 N–H and O–H groups in total. The number of hydrogen-bond donors (Lipinski definition) is 3. The Hall–Kier alpha value is -1.09. The molecule has 0 atom stereocenters.